The zero-order valence-corrected chi connectivity index (χ0v) is 7.33. The molecule has 2 N–H and O–H groups in total. The molecule has 0 spiro atoms. The van der Waals surface area contributed by atoms with E-state index in [0.29, 0.717) is 0 Å². The molecule has 0 aliphatic rings. The average Bonchev–Trinajstić information content (AvgIpc) is 2.48. The van der Waals surface area contributed by atoms with Crippen molar-refractivity contribution in [2.24, 2.45) is 0 Å². The number of H-pyrrole nitrogens is 1. The van der Waals surface area contributed by atoms with Crippen molar-refractivity contribution < 1.29 is 5.11 Å². The molecule has 0 radical (unpaired) electrons. The molecule has 2 heteroatoms. The monoisotopic (exact) mass is 163 g/mol. The Morgan fingerprint density at radius 1 is 1.17 bits per heavy atom. The smallest absolute Gasteiger partial charge is 0.0455 e. The lowest BCUT2D eigenvalue weighted by Gasteiger charge is -1.83. The molecule has 0 amide bonds. The fourth-order valence-electron chi connectivity index (χ4n) is 1.22. The summed E-state index contributed by atoms with van der Waals surface area (Å²) in [4.78, 5) is 3.26. The summed E-state index contributed by atoms with van der Waals surface area (Å²) in [5, 5.41) is 8.29. The highest BCUT2D eigenvalue weighted by Crippen LogP contribution is 2.12. The lowest BCUT2D eigenvalue weighted by Crippen LogP contribution is -1.65. The van der Waals surface area contributed by atoms with Gasteiger partial charge in [0, 0.05) is 18.3 Å². The molecule has 0 aliphatic heterocycles. The molecule has 1 aromatic heterocycles. The van der Waals surface area contributed by atoms with Crippen LogP contribution < -0.4 is 0 Å². The fourth-order valence-corrected chi connectivity index (χ4v) is 1.22. The van der Waals surface area contributed by atoms with Crippen molar-refractivity contribution in [2.75, 3.05) is 7.11 Å². The number of benzene rings is 1. The normalized spacial score (nSPS) is 9.25. The molecular weight excluding hydrogens is 150 g/mol. The van der Waals surface area contributed by atoms with Gasteiger partial charge in [0.25, 0.3) is 0 Å². The van der Waals surface area contributed by atoms with Gasteiger partial charge in [-0.15, -0.1) is 0 Å². The lowest BCUT2D eigenvalue weighted by atomic mass is 10.2. The summed E-state index contributed by atoms with van der Waals surface area (Å²) in [5.74, 6) is 0. The van der Waals surface area contributed by atoms with E-state index in [1.54, 1.807) is 0 Å². The van der Waals surface area contributed by atoms with Crippen LogP contribution in [0, 0.1) is 6.92 Å². The topological polar surface area (TPSA) is 36.0 Å². The van der Waals surface area contributed by atoms with Gasteiger partial charge in [-0.1, -0.05) is 18.2 Å². The molecule has 64 valence electrons. The number of nitrogens with one attached hydrogen (secondary N) is 1. The van der Waals surface area contributed by atoms with E-state index in [1.165, 1.54) is 16.6 Å². The third-order valence-corrected chi connectivity index (χ3v) is 1.66. The van der Waals surface area contributed by atoms with Gasteiger partial charge in [-0.3, -0.25) is 0 Å². The third kappa shape index (κ3) is 1.66. The number of aromatic amines is 1. The first-order chi connectivity index (χ1) is 5.86. The van der Waals surface area contributed by atoms with Crippen LogP contribution in [-0.2, 0) is 0 Å². The van der Waals surface area contributed by atoms with Gasteiger partial charge in [0.2, 0.25) is 0 Å². The summed E-state index contributed by atoms with van der Waals surface area (Å²) >= 11 is 0. The summed E-state index contributed by atoms with van der Waals surface area (Å²) in [7, 11) is 1.00. The molecule has 0 saturated carbocycles. The van der Waals surface area contributed by atoms with Crippen LogP contribution >= 0.6 is 0 Å². The number of hydrogen-bond acceptors (Lipinski definition) is 1. The molecular formula is C10H13NO. The minimum Gasteiger partial charge on any atom is -0.400 e. The Labute approximate surface area is 71.9 Å². The minimum absolute atomic E-state index is 1.00. The molecule has 0 bridgehead atoms. The van der Waals surface area contributed by atoms with Gasteiger partial charge in [0.05, 0.1) is 0 Å². The number of hydrogen-bond donors (Lipinski definition) is 2. The first-order valence-electron chi connectivity index (χ1n) is 3.85. The van der Waals surface area contributed by atoms with Crippen LogP contribution in [0.1, 0.15) is 5.69 Å². The molecule has 0 fully saturated rings. The van der Waals surface area contributed by atoms with E-state index in [4.69, 9.17) is 5.11 Å². The van der Waals surface area contributed by atoms with Crippen molar-refractivity contribution >= 4 is 10.9 Å². The Balaban J connectivity index is 0.000000336. The maximum Gasteiger partial charge on any atom is 0.0455 e. The summed E-state index contributed by atoms with van der Waals surface area (Å²) in [6.45, 7) is 2.07. The molecule has 0 aliphatic carbocycles. The van der Waals surface area contributed by atoms with Crippen molar-refractivity contribution in [3.8, 4) is 0 Å². The molecule has 2 rings (SSSR count). The zero-order valence-electron chi connectivity index (χ0n) is 7.33. The molecule has 1 heterocycles. The SMILES string of the molecule is CO.Cc1cc2ccccc2[nH]1. The van der Waals surface area contributed by atoms with Crippen molar-refractivity contribution in [1.82, 2.24) is 4.98 Å². The number of aryl methyl sites for hydroxylation is 1. The van der Waals surface area contributed by atoms with Crippen LogP contribution in [-0.4, -0.2) is 17.2 Å². The second kappa shape index (κ2) is 3.93. The molecule has 0 unspecified atom stereocenters. The average molecular weight is 163 g/mol. The summed E-state index contributed by atoms with van der Waals surface area (Å²) in [6, 6.07) is 10.4. The minimum atomic E-state index is 1.00. The van der Waals surface area contributed by atoms with Crippen LogP contribution in [0.2, 0.25) is 0 Å². The number of rotatable bonds is 0. The van der Waals surface area contributed by atoms with Gasteiger partial charge in [-0.2, -0.15) is 0 Å². The van der Waals surface area contributed by atoms with E-state index in [9.17, 15) is 0 Å². The van der Waals surface area contributed by atoms with E-state index in [1.807, 2.05) is 6.07 Å². The fraction of sp³-hybridized carbons (Fsp3) is 0.200. The quantitative estimate of drug-likeness (QED) is 0.613. The standard InChI is InChI=1S/C9H9N.CH4O/c1-7-6-8-4-2-3-5-9(8)10-7;1-2/h2-6,10H,1H3;2H,1H3. The van der Waals surface area contributed by atoms with Gasteiger partial charge in [0.15, 0.2) is 0 Å². The lowest BCUT2D eigenvalue weighted by molar-refractivity contribution is 0.399. The summed E-state index contributed by atoms with van der Waals surface area (Å²) < 4.78 is 0. The van der Waals surface area contributed by atoms with Gasteiger partial charge in [0.1, 0.15) is 0 Å². The maximum atomic E-state index is 7.00. The predicted molar refractivity (Wildman–Crippen MR) is 51.2 cm³/mol. The van der Waals surface area contributed by atoms with E-state index in [2.05, 4.69) is 36.2 Å². The van der Waals surface area contributed by atoms with Gasteiger partial charge in [-0.25, -0.2) is 0 Å². The highest BCUT2D eigenvalue weighted by Gasteiger charge is 1.92. The van der Waals surface area contributed by atoms with Crippen LogP contribution in [0.4, 0.5) is 0 Å². The van der Waals surface area contributed by atoms with E-state index in [-0.39, 0.29) is 0 Å². The first kappa shape index (κ1) is 8.81. The van der Waals surface area contributed by atoms with Crippen LogP contribution in [0.15, 0.2) is 30.3 Å². The zero-order chi connectivity index (χ0) is 8.97. The number of aliphatic hydroxyl groups excluding tert-OH is 1. The van der Waals surface area contributed by atoms with Crippen LogP contribution in [0.25, 0.3) is 10.9 Å². The second-order valence-electron chi connectivity index (χ2n) is 2.54. The van der Waals surface area contributed by atoms with Crippen molar-refractivity contribution in [2.45, 2.75) is 6.92 Å². The number of fused-ring (bicyclic) bond motifs is 1. The Morgan fingerprint density at radius 3 is 2.50 bits per heavy atom. The Morgan fingerprint density at radius 2 is 1.83 bits per heavy atom. The van der Waals surface area contributed by atoms with Crippen molar-refractivity contribution in [3.63, 3.8) is 0 Å². The Bertz CT molecular complexity index is 318. The predicted octanol–water partition coefficient (Wildman–Crippen LogP) is 2.08. The second-order valence-corrected chi connectivity index (χ2v) is 2.54. The van der Waals surface area contributed by atoms with Crippen LogP contribution in [0.5, 0.6) is 0 Å². The van der Waals surface area contributed by atoms with E-state index < -0.39 is 0 Å². The van der Waals surface area contributed by atoms with E-state index in [0.717, 1.165) is 7.11 Å². The van der Waals surface area contributed by atoms with Crippen molar-refractivity contribution in [3.05, 3.63) is 36.0 Å². The van der Waals surface area contributed by atoms with Gasteiger partial charge >= 0.3 is 0 Å². The highest BCUT2D eigenvalue weighted by molar-refractivity contribution is 5.79. The van der Waals surface area contributed by atoms with Crippen molar-refractivity contribution in [1.29, 1.82) is 0 Å². The number of aliphatic hydroxyl groups is 1. The van der Waals surface area contributed by atoms with Gasteiger partial charge < -0.3 is 10.1 Å². The molecule has 0 saturated heterocycles. The van der Waals surface area contributed by atoms with Gasteiger partial charge in [-0.05, 0) is 24.4 Å². The summed E-state index contributed by atoms with van der Waals surface area (Å²) in [5.41, 5.74) is 2.45. The molecule has 12 heavy (non-hydrogen) atoms. The van der Waals surface area contributed by atoms with Crippen LogP contribution in [0.3, 0.4) is 0 Å². The number of aromatic nitrogens is 1. The van der Waals surface area contributed by atoms with E-state index >= 15 is 0 Å². The number of para-hydroxylation sites is 1. The molecule has 0 atom stereocenters. The largest absolute Gasteiger partial charge is 0.400 e. The Hall–Kier alpha value is -1.28. The molecule has 2 nitrogen and oxygen atoms in total. The third-order valence-electron chi connectivity index (χ3n) is 1.66. The molecule has 2 aromatic rings. The Kier molecular flexibility index (Phi) is 2.88. The summed E-state index contributed by atoms with van der Waals surface area (Å²) in [6.07, 6.45) is 0. The highest BCUT2D eigenvalue weighted by atomic mass is 16.2. The molecule has 1 aromatic carbocycles. The maximum absolute atomic E-state index is 7.00. The first-order valence-corrected chi connectivity index (χ1v) is 3.85.